The molecular formula is C9H8N4O. The summed E-state index contributed by atoms with van der Waals surface area (Å²) in [7, 11) is 0. The van der Waals surface area contributed by atoms with Gasteiger partial charge in [-0.2, -0.15) is 0 Å². The van der Waals surface area contributed by atoms with Crippen LogP contribution in [0.1, 0.15) is 10.4 Å². The molecule has 2 N–H and O–H groups in total. The number of nitrogens with one attached hydrogen (secondary N) is 2. The van der Waals surface area contributed by atoms with Crippen molar-refractivity contribution in [1.29, 1.82) is 0 Å². The van der Waals surface area contributed by atoms with Gasteiger partial charge >= 0.3 is 0 Å². The Morgan fingerprint density at radius 3 is 3.00 bits per heavy atom. The smallest absolute Gasteiger partial charge is 0.277 e. The summed E-state index contributed by atoms with van der Waals surface area (Å²) in [5.74, 6) is -0.0411. The number of rotatable bonds is 0. The first-order valence-corrected chi connectivity index (χ1v) is 4.28. The first kappa shape index (κ1) is 7.40. The molecule has 0 radical (unpaired) electrons. The Bertz CT molecular complexity index is 429. The van der Waals surface area contributed by atoms with Crippen LogP contribution in [0.3, 0.4) is 0 Å². The molecule has 1 amide bonds. The monoisotopic (exact) mass is 188 g/mol. The highest BCUT2D eigenvalue weighted by molar-refractivity contribution is 6.01. The number of nitrogens with zero attached hydrogens (tertiary/aromatic N) is 2. The van der Waals surface area contributed by atoms with E-state index in [1.807, 2.05) is 18.2 Å². The summed E-state index contributed by atoms with van der Waals surface area (Å²) in [6, 6.07) is 7.40. The van der Waals surface area contributed by atoms with Crippen LogP contribution in [0.15, 0.2) is 36.7 Å². The van der Waals surface area contributed by atoms with E-state index in [1.165, 1.54) is 10.2 Å². The van der Waals surface area contributed by atoms with Gasteiger partial charge in [0.05, 0.1) is 11.3 Å². The van der Waals surface area contributed by atoms with Crippen molar-refractivity contribution in [3.05, 3.63) is 42.2 Å². The molecule has 1 aromatic carbocycles. The van der Waals surface area contributed by atoms with Crippen molar-refractivity contribution in [1.82, 2.24) is 15.7 Å². The summed E-state index contributed by atoms with van der Waals surface area (Å²) < 4.78 is 0. The third-order valence-corrected chi connectivity index (χ3v) is 2.22. The lowest BCUT2D eigenvalue weighted by molar-refractivity contribution is 0.0219. The second kappa shape index (κ2) is 2.49. The van der Waals surface area contributed by atoms with Crippen molar-refractivity contribution in [2.45, 2.75) is 0 Å². The van der Waals surface area contributed by atoms with Crippen LogP contribution < -0.4 is 10.9 Å². The van der Waals surface area contributed by atoms with E-state index in [2.05, 4.69) is 10.9 Å². The molecule has 70 valence electrons. The summed E-state index contributed by atoms with van der Waals surface area (Å²) in [5.41, 5.74) is 7.42. The third kappa shape index (κ3) is 0.841. The summed E-state index contributed by atoms with van der Waals surface area (Å²) in [4.78, 5) is 11.9. The van der Waals surface area contributed by atoms with Gasteiger partial charge in [-0.15, -0.1) is 0 Å². The van der Waals surface area contributed by atoms with E-state index in [-0.39, 0.29) is 5.91 Å². The predicted molar refractivity (Wildman–Crippen MR) is 50.3 cm³/mol. The highest BCUT2D eigenvalue weighted by Crippen LogP contribution is 2.24. The molecule has 0 atom stereocenters. The summed E-state index contributed by atoms with van der Waals surface area (Å²) in [5, 5.41) is 3.01. The second-order valence-corrected chi connectivity index (χ2v) is 3.06. The van der Waals surface area contributed by atoms with E-state index >= 15 is 0 Å². The molecule has 2 heterocycles. The Morgan fingerprint density at radius 2 is 2.07 bits per heavy atom. The molecule has 3 rings (SSSR count). The molecule has 0 fully saturated rings. The molecule has 14 heavy (non-hydrogen) atoms. The van der Waals surface area contributed by atoms with Gasteiger partial charge in [-0.1, -0.05) is 12.1 Å². The van der Waals surface area contributed by atoms with Gasteiger partial charge < -0.3 is 0 Å². The van der Waals surface area contributed by atoms with E-state index in [9.17, 15) is 4.79 Å². The predicted octanol–water partition coefficient (Wildman–Crippen LogP) is 0.676. The number of para-hydroxylation sites is 1. The molecule has 0 aromatic heterocycles. The van der Waals surface area contributed by atoms with Gasteiger partial charge in [0, 0.05) is 12.4 Å². The maximum atomic E-state index is 11.9. The Labute approximate surface area is 80.5 Å². The highest BCUT2D eigenvalue weighted by atomic mass is 16.2. The molecule has 0 bridgehead atoms. The lowest BCUT2D eigenvalue weighted by atomic mass is 10.1. The molecule has 2 aliphatic heterocycles. The van der Waals surface area contributed by atoms with Gasteiger partial charge in [0.25, 0.3) is 5.91 Å². The van der Waals surface area contributed by atoms with Gasteiger partial charge in [0.15, 0.2) is 0 Å². The van der Waals surface area contributed by atoms with Crippen molar-refractivity contribution < 1.29 is 4.79 Å². The molecule has 2 aliphatic rings. The fourth-order valence-electron chi connectivity index (χ4n) is 1.55. The van der Waals surface area contributed by atoms with Gasteiger partial charge in [-0.25, -0.2) is 5.01 Å². The number of anilines is 1. The topological polar surface area (TPSA) is 47.6 Å². The van der Waals surface area contributed by atoms with E-state index in [0.717, 1.165) is 5.69 Å². The van der Waals surface area contributed by atoms with E-state index in [0.29, 0.717) is 5.56 Å². The average molecular weight is 188 g/mol. The highest BCUT2D eigenvalue weighted by Gasteiger charge is 2.30. The normalized spacial score (nSPS) is 18.6. The number of fused-ring (bicyclic) bond motifs is 2. The summed E-state index contributed by atoms with van der Waals surface area (Å²) >= 11 is 0. The molecule has 5 heteroatoms. The molecule has 0 aliphatic carbocycles. The summed E-state index contributed by atoms with van der Waals surface area (Å²) in [6.45, 7) is 0. The van der Waals surface area contributed by atoms with Crippen molar-refractivity contribution in [2.24, 2.45) is 0 Å². The number of carbonyl (C=O) groups excluding carboxylic acids is 1. The van der Waals surface area contributed by atoms with Gasteiger partial charge in [-0.3, -0.25) is 15.6 Å². The first-order chi connectivity index (χ1) is 6.86. The maximum absolute atomic E-state index is 11.9. The number of carbonyl (C=O) groups is 1. The van der Waals surface area contributed by atoms with Crippen LogP contribution in [-0.2, 0) is 0 Å². The number of hydrazine groups is 3. The number of hydrogen-bond donors (Lipinski definition) is 2. The Balaban J connectivity index is 2.11. The van der Waals surface area contributed by atoms with Crippen molar-refractivity contribution in [3.63, 3.8) is 0 Å². The number of benzene rings is 1. The molecule has 5 nitrogen and oxygen atoms in total. The van der Waals surface area contributed by atoms with Gasteiger partial charge in [-0.05, 0) is 17.4 Å². The zero-order valence-corrected chi connectivity index (χ0v) is 7.27. The van der Waals surface area contributed by atoms with E-state index in [1.54, 1.807) is 18.5 Å². The third-order valence-electron chi connectivity index (χ3n) is 2.22. The van der Waals surface area contributed by atoms with Gasteiger partial charge in [0.2, 0.25) is 0 Å². The minimum Gasteiger partial charge on any atom is -0.288 e. The lowest BCUT2D eigenvalue weighted by Gasteiger charge is -2.32. The van der Waals surface area contributed by atoms with Crippen molar-refractivity contribution in [3.8, 4) is 0 Å². The zero-order valence-electron chi connectivity index (χ0n) is 7.27. The van der Waals surface area contributed by atoms with Crippen molar-refractivity contribution in [2.75, 3.05) is 5.43 Å². The molecular weight excluding hydrogens is 180 g/mol. The van der Waals surface area contributed by atoms with Crippen LogP contribution in [-0.4, -0.2) is 16.1 Å². The minimum absolute atomic E-state index is 0.0411. The molecule has 0 saturated heterocycles. The maximum Gasteiger partial charge on any atom is 0.277 e. The number of hydrogen-bond acceptors (Lipinski definition) is 4. The Kier molecular flexibility index (Phi) is 1.32. The Hall–Kier alpha value is -2.01. The van der Waals surface area contributed by atoms with Crippen LogP contribution in [0.5, 0.6) is 0 Å². The molecule has 0 spiro atoms. The second-order valence-electron chi connectivity index (χ2n) is 3.06. The van der Waals surface area contributed by atoms with Crippen LogP contribution >= 0.6 is 0 Å². The molecule has 1 aromatic rings. The number of amides is 1. The SMILES string of the molecule is O=C1c2ccccc2NN2NC=CN12. The largest absolute Gasteiger partial charge is 0.288 e. The molecule has 0 unspecified atom stereocenters. The Morgan fingerprint density at radius 1 is 1.21 bits per heavy atom. The fraction of sp³-hybridized carbons (Fsp3) is 0. The standard InChI is InChI=1S/C9H8N4O/c14-9-7-3-1-2-4-8(7)11-13-10-5-6-12(9)13/h1-6,10-11H. The lowest BCUT2D eigenvalue weighted by Crippen LogP contribution is -2.51. The zero-order chi connectivity index (χ0) is 9.54. The first-order valence-electron chi connectivity index (χ1n) is 4.28. The fourth-order valence-corrected chi connectivity index (χ4v) is 1.55. The minimum atomic E-state index is -0.0411. The van der Waals surface area contributed by atoms with Gasteiger partial charge in [0.1, 0.15) is 0 Å². The van der Waals surface area contributed by atoms with Crippen LogP contribution in [0.2, 0.25) is 0 Å². The molecule has 0 saturated carbocycles. The van der Waals surface area contributed by atoms with E-state index in [4.69, 9.17) is 0 Å². The summed E-state index contributed by atoms with van der Waals surface area (Å²) in [6.07, 6.45) is 3.36. The average Bonchev–Trinajstić information content (AvgIpc) is 2.66. The quantitative estimate of drug-likeness (QED) is 0.628. The van der Waals surface area contributed by atoms with Crippen LogP contribution in [0.25, 0.3) is 0 Å². The van der Waals surface area contributed by atoms with Crippen LogP contribution in [0, 0.1) is 0 Å². The van der Waals surface area contributed by atoms with Crippen LogP contribution in [0.4, 0.5) is 5.69 Å². The van der Waals surface area contributed by atoms with Crippen molar-refractivity contribution >= 4 is 11.6 Å². The van der Waals surface area contributed by atoms with E-state index < -0.39 is 0 Å².